The fourth-order valence-electron chi connectivity index (χ4n) is 3.00. The minimum atomic E-state index is -0.391. The van der Waals surface area contributed by atoms with E-state index in [9.17, 15) is 14.4 Å². The van der Waals surface area contributed by atoms with Crippen molar-refractivity contribution in [1.82, 2.24) is 0 Å². The van der Waals surface area contributed by atoms with Gasteiger partial charge in [-0.1, -0.05) is 32.6 Å². The van der Waals surface area contributed by atoms with Crippen LogP contribution >= 0.6 is 0 Å². The SMILES string of the molecule is C=C1C(=O)O[C@H]2C/C(C=O)=C\CC/C(COC(=O)[C@H](C)CC)=C/C[C@H]12. The number of ether oxygens (including phenoxy) is 2. The fourth-order valence-corrected chi connectivity index (χ4v) is 3.00. The summed E-state index contributed by atoms with van der Waals surface area (Å²) >= 11 is 0. The average Bonchev–Trinajstić information content (AvgIpc) is 2.88. The number of carbonyl (C=O) groups excluding carboxylic acids is 3. The third-order valence-electron chi connectivity index (χ3n) is 4.95. The number of allylic oxidation sites excluding steroid dienone is 2. The van der Waals surface area contributed by atoms with Crippen molar-refractivity contribution in [2.24, 2.45) is 11.8 Å². The van der Waals surface area contributed by atoms with Gasteiger partial charge in [-0.15, -0.1) is 0 Å². The standard InChI is InChI=1S/C20H26O5/c1-4-13(2)19(22)24-12-15-6-5-7-16(11-21)10-18-17(9-8-15)14(3)20(23)25-18/h7-8,11,13,17-18H,3-6,9-10,12H2,1-2H3/b15-8-,16-7+/t13-,17-,18+/m1/s1. The Labute approximate surface area is 148 Å². The van der Waals surface area contributed by atoms with Crippen molar-refractivity contribution in [2.75, 3.05) is 6.61 Å². The largest absolute Gasteiger partial charge is 0.461 e. The number of rotatable bonds is 5. The number of esters is 2. The van der Waals surface area contributed by atoms with Gasteiger partial charge in [0.15, 0.2) is 0 Å². The fraction of sp³-hybridized carbons (Fsp3) is 0.550. The Morgan fingerprint density at radius 3 is 2.92 bits per heavy atom. The Bertz CT molecular complexity index is 614. The van der Waals surface area contributed by atoms with Gasteiger partial charge in [-0.3, -0.25) is 9.59 Å². The molecule has 0 saturated carbocycles. The van der Waals surface area contributed by atoms with Gasteiger partial charge >= 0.3 is 11.9 Å². The minimum absolute atomic E-state index is 0.119. The molecule has 1 saturated heterocycles. The summed E-state index contributed by atoms with van der Waals surface area (Å²) in [5.41, 5.74) is 2.07. The third kappa shape index (κ3) is 4.91. The van der Waals surface area contributed by atoms with Crippen LogP contribution in [0.1, 0.15) is 46.0 Å². The van der Waals surface area contributed by atoms with Gasteiger partial charge in [0.1, 0.15) is 19.0 Å². The highest BCUT2D eigenvalue weighted by molar-refractivity contribution is 5.91. The normalized spacial score (nSPS) is 29.4. The molecule has 2 rings (SSSR count). The summed E-state index contributed by atoms with van der Waals surface area (Å²) in [6.45, 7) is 7.87. The zero-order valence-electron chi connectivity index (χ0n) is 15.0. The predicted octanol–water partition coefficient (Wildman–Crippen LogP) is 3.30. The van der Waals surface area contributed by atoms with Crippen molar-refractivity contribution in [3.63, 3.8) is 0 Å². The molecule has 0 radical (unpaired) electrons. The number of carbonyl (C=O) groups is 3. The molecule has 0 aromatic carbocycles. The lowest BCUT2D eigenvalue weighted by Gasteiger charge is -2.19. The van der Waals surface area contributed by atoms with Gasteiger partial charge in [0.2, 0.25) is 0 Å². The highest BCUT2D eigenvalue weighted by Gasteiger charge is 2.38. The van der Waals surface area contributed by atoms with E-state index in [0.717, 1.165) is 18.3 Å². The first-order valence-corrected chi connectivity index (χ1v) is 8.84. The van der Waals surface area contributed by atoms with E-state index in [1.165, 1.54) is 0 Å². The van der Waals surface area contributed by atoms with Crippen molar-refractivity contribution < 1.29 is 23.9 Å². The van der Waals surface area contributed by atoms with Gasteiger partial charge in [-0.05, 0) is 36.8 Å². The van der Waals surface area contributed by atoms with Crippen LogP contribution < -0.4 is 0 Å². The number of aldehydes is 1. The van der Waals surface area contributed by atoms with Crippen LogP contribution in [0.3, 0.4) is 0 Å². The minimum Gasteiger partial charge on any atom is -0.461 e. The first-order chi connectivity index (χ1) is 12.0. The maximum absolute atomic E-state index is 11.9. The van der Waals surface area contributed by atoms with Gasteiger partial charge in [-0.2, -0.15) is 0 Å². The van der Waals surface area contributed by atoms with Crippen LogP contribution in [0.5, 0.6) is 0 Å². The molecule has 1 fully saturated rings. The highest BCUT2D eigenvalue weighted by Crippen LogP contribution is 2.34. The predicted molar refractivity (Wildman–Crippen MR) is 93.6 cm³/mol. The molecule has 0 unspecified atom stereocenters. The summed E-state index contributed by atoms with van der Waals surface area (Å²) in [5.74, 6) is -0.857. The Morgan fingerprint density at radius 1 is 1.48 bits per heavy atom. The molecule has 0 N–H and O–H groups in total. The van der Waals surface area contributed by atoms with Crippen LogP contribution in [-0.4, -0.2) is 30.9 Å². The van der Waals surface area contributed by atoms with E-state index in [-0.39, 0.29) is 30.5 Å². The summed E-state index contributed by atoms with van der Waals surface area (Å²) in [7, 11) is 0. The molecule has 136 valence electrons. The van der Waals surface area contributed by atoms with Gasteiger partial charge in [0, 0.05) is 17.9 Å². The quantitative estimate of drug-likeness (QED) is 0.331. The van der Waals surface area contributed by atoms with Gasteiger partial charge in [0.25, 0.3) is 0 Å². The molecule has 0 bridgehead atoms. The maximum Gasteiger partial charge on any atom is 0.334 e. The second kappa shape index (κ2) is 8.79. The van der Waals surface area contributed by atoms with Crippen molar-refractivity contribution in [3.05, 3.63) is 35.5 Å². The second-order valence-corrected chi connectivity index (χ2v) is 6.73. The van der Waals surface area contributed by atoms with Crippen LogP contribution in [0.2, 0.25) is 0 Å². The van der Waals surface area contributed by atoms with E-state index in [2.05, 4.69) is 6.58 Å². The molecule has 0 spiro atoms. The molecule has 0 aromatic heterocycles. The third-order valence-corrected chi connectivity index (χ3v) is 4.95. The lowest BCUT2D eigenvalue weighted by molar-refractivity contribution is -0.147. The van der Waals surface area contributed by atoms with E-state index in [1.54, 1.807) is 0 Å². The van der Waals surface area contributed by atoms with Crippen LogP contribution in [-0.2, 0) is 23.9 Å². The average molecular weight is 346 g/mol. The second-order valence-electron chi connectivity index (χ2n) is 6.73. The first-order valence-electron chi connectivity index (χ1n) is 8.84. The van der Waals surface area contributed by atoms with Crippen LogP contribution in [0.4, 0.5) is 0 Å². The van der Waals surface area contributed by atoms with Crippen molar-refractivity contribution in [3.8, 4) is 0 Å². The molecule has 0 amide bonds. The molecule has 1 heterocycles. The molecule has 1 aliphatic carbocycles. The van der Waals surface area contributed by atoms with E-state index < -0.39 is 5.97 Å². The number of hydrogen-bond donors (Lipinski definition) is 0. The molecule has 3 atom stereocenters. The first kappa shape index (κ1) is 19.2. The van der Waals surface area contributed by atoms with Crippen molar-refractivity contribution >= 4 is 18.2 Å². The van der Waals surface area contributed by atoms with Crippen LogP contribution in [0.15, 0.2) is 35.5 Å². The van der Waals surface area contributed by atoms with Gasteiger partial charge in [0.05, 0.1) is 5.92 Å². The Morgan fingerprint density at radius 2 is 2.24 bits per heavy atom. The summed E-state index contributed by atoms with van der Waals surface area (Å²) in [6.07, 6.45) is 7.52. The molecule has 5 heteroatoms. The highest BCUT2D eigenvalue weighted by atomic mass is 16.6. The maximum atomic E-state index is 11.9. The van der Waals surface area contributed by atoms with Crippen LogP contribution in [0, 0.1) is 11.8 Å². The van der Waals surface area contributed by atoms with Gasteiger partial charge < -0.3 is 9.47 Å². The van der Waals surface area contributed by atoms with E-state index >= 15 is 0 Å². The Hall–Kier alpha value is -2.17. The topological polar surface area (TPSA) is 69.7 Å². The van der Waals surface area contributed by atoms with E-state index in [1.807, 2.05) is 26.0 Å². The molecule has 25 heavy (non-hydrogen) atoms. The number of hydrogen-bond acceptors (Lipinski definition) is 5. The van der Waals surface area contributed by atoms with Gasteiger partial charge in [-0.25, -0.2) is 4.79 Å². The Kier molecular flexibility index (Phi) is 6.73. The molecule has 1 aliphatic heterocycles. The summed E-state index contributed by atoms with van der Waals surface area (Å²) in [5, 5.41) is 0. The zero-order valence-corrected chi connectivity index (χ0v) is 15.0. The smallest absolute Gasteiger partial charge is 0.334 e. The van der Waals surface area contributed by atoms with Crippen molar-refractivity contribution in [2.45, 2.75) is 52.1 Å². The Balaban J connectivity index is 2.12. The number of fused-ring (bicyclic) bond motifs is 1. The van der Waals surface area contributed by atoms with E-state index in [0.29, 0.717) is 36.8 Å². The van der Waals surface area contributed by atoms with E-state index in [4.69, 9.17) is 9.47 Å². The lowest BCUT2D eigenvalue weighted by Crippen LogP contribution is -2.19. The summed E-state index contributed by atoms with van der Waals surface area (Å²) < 4.78 is 10.8. The molecule has 5 nitrogen and oxygen atoms in total. The van der Waals surface area contributed by atoms with Crippen LogP contribution in [0.25, 0.3) is 0 Å². The molecule has 2 aliphatic rings. The molecule has 0 aromatic rings. The monoisotopic (exact) mass is 346 g/mol. The zero-order chi connectivity index (χ0) is 18.4. The molecular weight excluding hydrogens is 320 g/mol. The summed E-state index contributed by atoms with van der Waals surface area (Å²) in [6, 6.07) is 0. The molecular formula is C20H26O5. The lowest BCUT2D eigenvalue weighted by atomic mass is 9.88. The summed E-state index contributed by atoms with van der Waals surface area (Å²) in [4.78, 5) is 35.0. The van der Waals surface area contributed by atoms with Crippen molar-refractivity contribution in [1.29, 1.82) is 0 Å².